The summed E-state index contributed by atoms with van der Waals surface area (Å²) in [4.78, 5) is 38.4. The molecule has 8 atom stereocenters. The standard InChI is InChI=1S/C47H92N4O8/c1-21-22-34(27-43(6,7)48(16)17)57-39(52)25-38(42(55)59-35-23-32(4)50(19)45(10,11)28-35)37(41(54)56-33(5)26-44(8,9)49(18)31(2)3)24-40(53)58-36-29-46(12,13)51(20)47(14,15)30-36/h31-40,52-53H,21-30H2,1-20H3. The minimum absolute atomic E-state index is 0.158. The maximum atomic E-state index is 14.7. The zero-order valence-corrected chi connectivity index (χ0v) is 41.5. The van der Waals surface area contributed by atoms with Crippen molar-refractivity contribution in [3.05, 3.63) is 0 Å². The highest BCUT2D eigenvalue weighted by Crippen LogP contribution is 2.40. The fraction of sp³-hybridized carbons (Fsp3) is 0.957. The molecule has 0 aromatic carbocycles. The molecule has 0 saturated carbocycles. The van der Waals surface area contributed by atoms with Crippen molar-refractivity contribution in [2.45, 2.75) is 245 Å². The summed E-state index contributed by atoms with van der Waals surface area (Å²) in [7, 11) is 10.3. The SMILES string of the molecule is CCCC(CC(C)(C)N(C)C)OC(O)CC(C(=O)OC1CC(C)N(C)C(C)(C)C1)C(CC(O)OC1CC(C)(C)N(C)C(C)(C)C1)C(=O)OC(C)CC(C)(C)N(C)C(C)C. The van der Waals surface area contributed by atoms with Crippen LogP contribution in [0.25, 0.3) is 0 Å². The van der Waals surface area contributed by atoms with Crippen molar-refractivity contribution in [3.63, 3.8) is 0 Å². The first-order chi connectivity index (χ1) is 26.8. The first-order valence-corrected chi connectivity index (χ1v) is 22.7. The van der Waals surface area contributed by atoms with Gasteiger partial charge in [-0.3, -0.25) is 24.3 Å². The predicted octanol–water partition coefficient (Wildman–Crippen LogP) is 7.46. The molecule has 0 aromatic rings. The van der Waals surface area contributed by atoms with Crippen molar-refractivity contribution >= 4 is 11.9 Å². The third kappa shape index (κ3) is 15.4. The van der Waals surface area contributed by atoms with Crippen LogP contribution in [0.4, 0.5) is 0 Å². The second kappa shape index (κ2) is 21.3. The molecule has 0 spiro atoms. The van der Waals surface area contributed by atoms with E-state index in [1.165, 1.54) is 0 Å². The molecule has 59 heavy (non-hydrogen) atoms. The molecule has 0 aliphatic carbocycles. The van der Waals surface area contributed by atoms with E-state index in [2.05, 4.69) is 138 Å². The molecule has 12 nitrogen and oxygen atoms in total. The number of aliphatic hydroxyl groups excluding tert-OH is 2. The molecule has 2 fully saturated rings. The summed E-state index contributed by atoms with van der Waals surface area (Å²) in [6, 6.07) is 0.432. The predicted molar refractivity (Wildman–Crippen MR) is 238 cm³/mol. The fourth-order valence-corrected chi connectivity index (χ4v) is 9.63. The van der Waals surface area contributed by atoms with Crippen LogP contribution in [0.3, 0.4) is 0 Å². The number of hydrogen-bond acceptors (Lipinski definition) is 12. The van der Waals surface area contributed by atoms with Gasteiger partial charge >= 0.3 is 11.9 Å². The zero-order chi connectivity index (χ0) is 45.6. The molecule has 0 amide bonds. The Morgan fingerprint density at radius 3 is 1.78 bits per heavy atom. The molecule has 348 valence electrons. The van der Waals surface area contributed by atoms with Crippen LogP contribution < -0.4 is 0 Å². The molecular weight excluding hydrogens is 749 g/mol. The van der Waals surface area contributed by atoms with Gasteiger partial charge in [-0.25, -0.2) is 0 Å². The van der Waals surface area contributed by atoms with Crippen molar-refractivity contribution in [1.29, 1.82) is 0 Å². The van der Waals surface area contributed by atoms with Crippen LogP contribution in [0.2, 0.25) is 0 Å². The summed E-state index contributed by atoms with van der Waals surface area (Å²) in [5.41, 5.74) is -1.13. The topological polar surface area (TPSA) is 124 Å². The number of carbonyl (C=O) groups excluding carboxylic acids is 2. The number of ether oxygens (including phenoxy) is 4. The molecule has 2 aliphatic rings. The lowest BCUT2D eigenvalue weighted by Crippen LogP contribution is -2.60. The summed E-state index contributed by atoms with van der Waals surface area (Å²) < 4.78 is 25.4. The molecule has 2 heterocycles. The normalized spacial score (nSPS) is 25.1. The monoisotopic (exact) mass is 841 g/mol. The number of likely N-dealkylation sites (tertiary alicyclic amines) is 2. The fourth-order valence-electron chi connectivity index (χ4n) is 9.63. The van der Waals surface area contributed by atoms with E-state index in [-0.39, 0.29) is 64.8 Å². The Morgan fingerprint density at radius 2 is 1.29 bits per heavy atom. The Morgan fingerprint density at radius 1 is 0.780 bits per heavy atom. The number of aliphatic hydroxyl groups is 2. The summed E-state index contributed by atoms with van der Waals surface area (Å²) >= 11 is 0. The second-order valence-electron chi connectivity index (χ2n) is 22.1. The van der Waals surface area contributed by atoms with Crippen LogP contribution in [0.15, 0.2) is 0 Å². The van der Waals surface area contributed by atoms with Gasteiger partial charge in [0.05, 0.1) is 24.0 Å². The number of esters is 2. The molecule has 2 rings (SSSR count). The smallest absolute Gasteiger partial charge is 0.310 e. The van der Waals surface area contributed by atoms with E-state index in [0.29, 0.717) is 44.9 Å². The Kier molecular flexibility index (Phi) is 19.4. The van der Waals surface area contributed by atoms with Crippen molar-refractivity contribution in [3.8, 4) is 0 Å². The lowest BCUT2D eigenvalue weighted by molar-refractivity contribution is -0.200. The summed E-state index contributed by atoms with van der Waals surface area (Å²) in [6.07, 6.45) is 0.706. The van der Waals surface area contributed by atoms with Gasteiger partial charge in [0.15, 0.2) is 12.6 Å². The van der Waals surface area contributed by atoms with E-state index in [9.17, 15) is 19.8 Å². The third-order valence-corrected chi connectivity index (χ3v) is 14.6. The zero-order valence-electron chi connectivity index (χ0n) is 41.5. The molecule has 0 aromatic heterocycles. The quantitative estimate of drug-likeness (QED) is 0.0831. The van der Waals surface area contributed by atoms with E-state index < -0.39 is 48.6 Å². The van der Waals surface area contributed by atoms with E-state index in [1.54, 1.807) is 0 Å². The average molecular weight is 841 g/mol. The van der Waals surface area contributed by atoms with E-state index in [4.69, 9.17) is 18.9 Å². The highest BCUT2D eigenvalue weighted by atomic mass is 16.6. The molecule has 0 bridgehead atoms. The summed E-state index contributed by atoms with van der Waals surface area (Å²) in [6.45, 7) is 31.8. The van der Waals surface area contributed by atoms with Crippen molar-refractivity contribution in [1.82, 2.24) is 19.6 Å². The van der Waals surface area contributed by atoms with Gasteiger partial charge < -0.3 is 34.1 Å². The van der Waals surface area contributed by atoms with Gasteiger partial charge in [-0.1, -0.05) is 13.3 Å². The Balaban J connectivity index is 2.59. The Bertz CT molecular complexity index is 1300. The van der Waals surface area contributed by atoms with Crippen LogP contribution in [0.5, 0.6) is 0 Å². The number of rotatable bonds is 22. The third-order valence-electron chi connectivity index (χ3n) is 14.6. The van der Waals surface area contributed by atoms with Crippen LogP contribution in [-0.2, 0) is 28.5 Å². The van der Waals surface area contributed by atoms with Gasteiger partial charge in [0.2, 0.25) is 0 Å². The average Bonchev–Trinajstić information content (AvgIpc) is 3.06. The Labute approximate surface area is 361 Å². The number of nitrogens with zero attached hydrogens (tertiary/aromatic N) is 4. The van der Waals surface area contributed by atoms with Gasteiger partial charge in [-0.15, -0.1) is 0 Å². The van der Waals surface area contributed by atoms with E-state index >= 15 is 0 Å². The van der Waals surface area contributed by atoms with Crippen LogP contribution in [0.1, 0.15) is 168 Å². The van der Waals surface area contributed by atoms with Gasteiger partial charge in [0.1, 0.15) is 12.2 Å². The second-order valence-corrected chi connectivity index (χ2v) is 22.1. The van der Waals surface area contributed by atoms with Gasteiger partial charge in [0, 0.05) is 65.5 Å². The van der Waals surface area contributed by atoms with Gasteiger partial charge in [-0.05, 0) is 164 Å². The van der Waals surface area contributed by atoms with E-state index in [1.807, 2.05) is 21.0 Å². The minimum atomic E-state index is -1.38. The van der Waals surface area contributed by atoms with Gasteiger partial charge in [0.25, 0.3) is 0 Å². The summed E-state index contributed by atoms with van der Waals surface area (Å²) in [5, 5.41) is 23.6. The van der Waals surface area contributed by atoms with Crippen LogP contribution in [0, 0.1) is 11.8 Å². The first-order valence-electron chi connectivity index (χ1n) is 22.7. The van der Waals surface area contributed by atoms with Crippen LogP contribution >= 0.6 is 0 Å². The maximum absolute atomic E-state index is 14.7. The number of hydrogen-bond donors (Lipinski definition) is 2. The maximum Gasteiger partial charge on any atom is 0.310 e. The molecule has 2 N–H and O–H groups in total. The first kappa shape index (κ1) is 53.8. The van der Waals surface area contributed by atoms with E-state index in [0.717, 1.165) is 6.42 Å². The number of piperidine rings is 2. The highest BCUT2D eigenvalue weighted by Gasteiger charge is 2.47. The number of carbonyl (C=O) groups is 2. The molecule has 8 unspecified atom stereocenters. The molecular formula is C47H92N4O8. The molecule has 0 radical (unpaired) electrons. The van der Waals surface area contributed by atoms with Crippen molar-refractivity contribution in [2.75, 3.05) is 35.2 Å². The van der Waals surface area contributed by atoms with Crippen molar-refractivity contribution in [2.24, 2.45) is 11.8 Å². The largest absolute Gasteiger partial charge is 0.462 e. The lowest BCUT2D eigenvalue weighted by atomic mass is 9.78. The molecule has 12 heteroatoms. The highest BCUT2D eigenvalue weighted by molar-refractivity contribution is 5.82. The Hall–Kier alpha value is -1.38. The molecule has 2 saturated heterocycles. The van der Waals surface area contributed by atoms with Gasteiger partial charge in [-0.2, -0.15) is 0 Å². The summed E-state index contributed by atoms with van der Waals surface area (Å²) in [5.74, 6) is -3.59. The lowest BCUT2D eigenvalue weighted by Gasteiger charge is -2.53. The van der Waals surface area contributed by atoms with Crippen LogP contribution in [-0.4, -0.2) is 154 Å². The molecule has 2 aliphatic heterocycles. The minimum Gasteiger partial charge on any atom is -0.462 e. The van der Waals surface area contributed by atoms with Crippen molar-refractivity contribution < 1.29 is 38.7 Å².